The van der Waals surface area contributed by atoms with Crippen molar-refractivity contribution in [2.45, 2.75) is 50.9 Å². The van der Waals surface area contributed by atoms with Gasteiger partial charge in [0, 0.05) is 5.92 Å². The van der Waals surface area contributed by atoms with Crippen LogP contribution in [0.4, 0.5) is 4.39 Å². The molecule has 134 valence electrons. The largest absolute Gasteiger partial charge is 0.481 e. The van der Waals surface area contributed by atoms with E-state index >= 15 is 0 Å². The summed E-state index contributed by atoms with van der Waals surface area (Å²) in [5.41, 5.74) is 0.557. The van der Waals surface area contributed by atoms with Crippen LogP contribution in [0.25, 0.3) is 5.69 Å². The van der Waals surface area contributed by atoms with E-state index in [4.69, 9.17) is 11.6 Å². The number of halogens is 3. The number of carbonyl (C=O) groups is 1. The molecule has 7 heteroatoms. The summed E-state index contributed by atoms with van der Waals surface area (Å²) in [6.45, 7) is 0. The third kappa shape index (κ3) is 3.90. The van der Waals surface area contributed by atoms with Crippen molar-refractivity contribution in [2.24, 2.45) is 0 Å². The first-order valence-corrected chi connectivity index (χ1v) is 9.58. The van der Waals surface area contributed by atoms with Gasteiger partial charge in [-0.05, 0) is 40.4 Å². The first-order chi connectivity index (χ1) is 12.0. The molecule has 1 fully saturated rings. The lowest BCUT2D eigenvalue weighted by atomic mass is 9.99. The van der Waals surface area contributed by atoms with Gasteiger partial charge >= 0.3 is 5.97 Å². The van der Waals surface area contributed by atoms with Crippen molar-refractivity contribution in [3.8, 4) is 5.69 Å². The molecule has 1 aromatic carbocycles. The third-order valence-electron chi connectivity index (χ3n) is 4.68. The number of nitrogens with zero attached hydrogens (tertiary/aromatic N) is 2. The number of benzene rings is 1. The van der Waals surface area contributed by atoms with Gasteiger partial charge in [0.15, 0.2) is 5.82 Å². The van der Waals surface area contributed by atoms with Gasteiger partial charge in [-0.3, -0.25) is 9.36 Å². The quantitative estimate of drug-likeness (QED) is 0.654. The standard InChI is InChI=1S/C18H19BrClFN2O2/c19-14-10-22-18(11-5-3-1-2-4-6-11)23(14)17-12(9-15(24)25)7-8-13(20)16(17)21/h7-8,10-11H,1-6,9H2,(H,24,25). The molecule has 0 amide bonds. The van der Waals surface area contributed by atoms with Crippen LogP contribution in [-0.4, -0.2) is 20.6 Å². The summed E-state index contributed by atoms with van der Waals surface area (Å²) in [6.07, 6.45) is 8.01. The highest BCUT2D eigenvalue weighted by Crippen LogP contribution is 2.36. The van der Waals surface area contributed by atoms with Crippen LogP contribution in [-0.2, 0) is 11.2 Å². The number of carboxylic acid groups (broad SMARTS) is 1. The minimum Gasteiger partial charge on any atom is -0.481 e. The monoisotopic (exact) mass is 428 g/mol. The molecule has 0 spiro atoms. The van der Waals surface area contributed by atoms with Crippen molar-refractivity contribution in [3.05, 3.63) is 45.2 Å². The lowest BCUT2D eigenvalue weighted by Crippen LogP contribution is -2.13. The summed E-state index contributed by atoms with van der Waals surface area (Å²) in [5.74, 6) is -0.643. The molecule has 4 nitrogen and oxygen atoms in total. The fraction of sp³-hybridized carbons (Fsp3) is 0.444. The van der Waals surface area contributed by atoms with E-state index in [1.807, 2.05) is 0 Å². The van der Waals surface area contributed by atoms with Crippen LogP contribution in [0.2, 0.25) is 5.02 Å². The topological polar surface area (TPSA) is 55.1 Å². The summed E-state index contributed by atoms with van der Waals surface area (Å²) in [6, 6.07) is 2.97. The predicted octanol–water partition coefficient (Wildman–Crippen LogP) is 5.49. The molecular weight excluding hydrogens is 411 g/mol. The van der Waals surface area contributed by atoms with Gasteiger partial charge < -0.3 is 5.11 Å². The molecule has 0 radical (unpaired) electrons. The molecule has 0 bridgehead atoms. The van der Waals surface area contributed by atoms with Gasteiger partial charge in [0.2, 0.25) is 0 Å². The average Bonchev–Trinajstić information content (AvgIpc) is 2.78. The number of rotatable bonds is 4. The van der Waals surface area contributed by atoms with Crippen LogP contribution in [0.3, 0.4) is 0 Å². The molecule has 1 aliphatic carbocycles. The van der Waals surface area contributed by atoms with Crippen LogP contribution in [0, 0.1) is 5.82 Å². The SMILES string of the molecule is O=C(O)Cc1ccc(Cl)c(F)c1-n1c(Br)cnc1C1CCCCCC1. The zero-order valence-electron chi connectivity index (χ0n) is 13.6. The number of aromatic nitrogens is 2. The van der Waals surface area contributed by atoms with Gasteiger partial charge in [-0.25, -0.2) is 9.37 Å². The van der Waals surface area contributed by atoms with E-state index in [0.717, 1.165) is 31.5 Å². The molecule has 1 saturated carbocycles. The van der Waals surface area contributed by atoms with Crippen molar-refractivity contribution in [1.29, 1.82) is 0 Å². The summed E-state index contributed by atoms with van der Waals surface area (Å²) in [7, 11) is 0. The second-order valence-corrected chi connectivity index (χ2v) is 7.62. The highest BCUT2D eigenvalue weighted by Gasteiger charge is 2.25. The van der Waals surface area contributed by atoms with Crippen LogP contribution < -0.4 is 0 Å². The Hall–Kier alpha value is -1.40. The molecule has 0 aliphatic heterocycles. The van der Waals surface area contributed by atoms with Gasteiger partial charge in [-0.1, -0.05) is 43.4 Å². The predicted molar refractivity (Wildman–Crippen MR) is 98.0 cm³/mol. The van der Waals surface area contributed by atoms with Crippen molar-refractivity contribution >= 4 is 33.5 Å². The summed E-state index contributed by atoms with van der Waals surface area (Å²) >= 11 is 9.43. The Balaban J connectivity index is 2.15. The van der Waals surface area contributed by atoms with Gasteiger partial charge in [-0.15, -0.1) is 0 Å². The summed E-state index contributed by atoms with van der Waals surface area (Å²) < 4.78 is 17.2. The lowest BCUT2D eigenvalue weighted by Gasteiger charge is -2.20. The first kappa shape index (κ1) is 18.4. The van der Waals surface area contributed by atoms with Crippen LogP contribution >= 0.6 is 27.5 Å². The number of hydrogen-bond donors (Lipinski definition) is 1. The van der Waals surface area contributed by atoms with Crippen molar-refractivity contribution < 1.29 is 14.3 Å². The maximum atomic E-state index is 14.9. The average molecular weight is 430 g/mol. The van der Waals surface area contributed by atoms with Gasteiger partial charge in [-0.2, -0.15) is 0 Å². The Morgan fingerprint density at radius 2 is 2.00 bits per heavy atom. The maximum absolute atomic E-state index is 14.9. The Kier molecular flexibility index (Phi) is 5.79. The number of aliphatic carboxylic acids is 1. The zero-order chi connectivity index (χ0) is 18.0. The number of imidazole rings is 1. The maximum Gasteiger partial charge on any atom is 0.307 e. The van der Waals surface area contributed by atoms with E-state index in [1.165, 1.54) is 18.9 Å². The normalized spacial score (nSPS) is 16.0. The van der Waals surface area contributed by atoms with Crippen LogP contribution in [0.1, 0.15) is 55.8 Å². The highest BCUT2D eigenvalue weighted by atomic mass is 79.9. The number of hydrogen-bond acceptors (Lipinski definition) is 2. The fourth-order valence-electron chi connectivity index (χ4n) is 3.52. The van der Waals surface area contributed by atoms with Crippen LogP contribution in [0.5, 0.6) is 0 Å². The van der Waals surface area contributed by atoms with E-state index in [2.05, 4.69) is 20.9 Å². The highest BCUT2D eigenvalue weighted by molar-refractivity contribution is 9.10. The fourth-order valence-corrected chi connectivity index (χ4v) is 4.13. The Labute approximate surface area is 159 Å². The third-order valence-corrected chi connectivity index (χ3v) is 5.54. The smallest absolute Gasteiger partial charge is 0.307 e. The molecule has 25 heavy (non-hydrogen) atoms. The molecular formula is C18H19BrClFN2O2. The second-order valence-electron chi connectivity index (χ2n) is 6.40. The second kappa shape index (κ2) is 7.87. The van der Waals surface area contributed by atoms with Crippen molar-refractivity contribution in [3.63, 3.8) is 0 Å². The zero-order valence-corrected chi connectivity index (χ0v) is 16.0. The molecule has 2 aromatic rings. The minimum atomic E-state index is -1.02. The molecule has 0 saturated heterocycles. The van der Waals surface area contributed by atoms with E-state index in [0.29, 0.717) is 10.2 Å². The molecule has 1 aromatic heterocycles. The van der Waals surface area contributed by atoms with E-state index in [-0.39, 0.29) is 23.0 Å². The van der Waals surface area contributed by atoms with Gasteiger partial charge in [0.05, 0.1) is 23.3 Å². The van der Waals surface area contributed by atoms with E-state index in [9.17, 15) is 14.3 Å². The molecule has 3 rings (SSSR count). The Morgan fingerprint density at radius 3 is 2.64 bits per heavy atom. The number of carboxylic acids is 1. The molecule has 1 aliphatic rings. The van der Waals surface area contributed by atoms with Gasteiger partial charge in [0.25, 0.3) is 0 Å². The summed E-state index contributed by atoms with van der Waals surface area (Å²) in [4.78, 5) is 15.7. The molecule has 1 N–H and O–H groups in total. The summed E-state index contributed by atoms with van der Waals surface area (Å²) in [5, 5.41) is 9.15. The van der Waals surface area contributed by atoms with Crippen molar-refractivity contribution in [1.82, 2.24) is 9.55 Å². The van der Waals surface area contributed by atoms with Gasteiger partial charge in [0.1, 0.15) is 10.4 Å². The van der Waals surface area contributed by atoms with E-state index < -0.39 is 11.8 Å². The lowest BCUT2D eigenvalue weighted by molar-refractivity contribution is -0.136. The van der Waals surface area contributed by atoms with Crippen molar-refractivity contribution in [2.75, 3.05) is 0 Å². The minimum absolute atomic E-state index is 0.0310. The Bertz CT molecular complexity index is 786. The molecule has 0 unspecified atom stereocenters. The molecule has 1 heterocycles. The first-order valence-electron chi connectivity index (χ1n) is 8.41. The molecule has 0 atom stereocenters. The van der Waals surface area contributed by atoms with E-state index in [1.54, 1.807) is 16.8 Å². The Morgan fingerprint density at radius 1 is 1.32 bits per heavy atom. The van der Waals surface area contributed by atoms with Crippen LogP contribution in [0.15, 0.2) is 22.9 Å².